The van der Waals surface area contributed by atoms with Gasteiger partial charge < -0.3 is 0 Å². The van der Waals surface area contributed by atoms with Crippen LogP contribution >= 0.6 is 22.9 Å². The Labute approximate surface area is 99.7 Å². The number of nitrogens with one attached hydrogen (secondary N) is 1. The first-order chi connectivity index (χ1) is 7.65. The molecule has 0 atom stereocenters. The number of carbonyl (C=O) groups is 1. The van der Waals surface area contributed by atoms with Gasteiger partial charge in [-0.15, -0.1) is 10.2 Å². The van der Waals surface area contributed by atoms with Crippen molar-refractivity contribution >= 4 is 34.0 Å². The Balaban J connectivity index is 2.14. The van der Waals surface area contributed by atoms with Crippen molar-refractivity contribution in [3.05, 3.63) is 28.2 Å². The molecule has 2 rings (SSSR count). The molecule has 0 radical (unpaired) electrons. The molecule has 6 nitrogen and oxygen atoms in total. The normalized spacial score (nSPS) is 10.1. The third-order valence-corrected chi connectivity index (χ3v) is 2.52. The summed E-state index contributed by atoms with van der Waals surface area (Å²) < 4.78 is 0. The first kappa shape index (κ1) is 10.9. The summed E-state index contributed by atoms with van der Waals surface area (Å²) in [5, 5.41) is 11.4. The second kappa shape index (κ2) is 4.50. The second-order valence-electron chi connectivity index (χ2n) is 2.81. The van der Waals surface area contributed by atoms with E-state index in [1.807, 2.05) is 0 Å². The first-order valence-electron chi connectivity index (χ1n) is 4.24. The van der Waals surface area contributed by atoms with E-state index in [0.717, 1.165) is 5.01 Å². The highest BCUT2D eigenvalue weighted by Crippen LogP contribution is 2.14. The molecule has 1 amide bonds. The van der Waals surface area contributed by atoms with Crippen LogP contribution in [0, 0.1) is 6.92 Å². The van der Waals surface area contributed by atoms with Gasteiger partial charge in [0.2, 0.25) is 5.13 Å². The highest BCUT2D eigenvalue weighted by atomic mass is 35.5. The van der Waals surface area contributed by atoms with Crippen LogP contribution < -0.4 is 5.32 Å². The van der Waals surface area contributed by atoms with E-state index in [4.69, 9.17) is 11.6 Å². The molecule has 0 fully saturated rings. The third-order valence-electron chi connectivity index (χ3n) is 1.58. The van der Waals surface area contributed by atoms with Crippen molar-refractivity contribution in [2.45, 2.75) is 6.92 Å². The molecule has 82 valence electrons. The fourth-order valence-corrected chi connectivity index (χ4v) is 1.69. The quantitative estimate of drug-likeness (QED) is 0.880. The smallest absolute Gasteiger partial charge is 0.277 e. The van der Waals surface area contributed by atoms with Crippen LogP contribution in [0.1, 0.15) is 15.5 Å². The van der Waals surface area contributed by atoms with Crippen molar-refractivity contribution in [1.29, 1.82) is 0 Å². The molecule has 8 heteroatoms. The summed E-state index contributed by atoms with van der Waals surface area (Å²) in [5.74, 6) is -0.411. The van der Waals surface area contributed by atoms with E-state index in [1.54, 1.807) is 6.92 Å². The zero-order valence-electron chi connectivity index (χ0n) is 8.14. The molecule has 0 unspecified atom stereocenters. The Morgan fingerprint density at radius 3 is 2.88 bits per heavy atom. The Hall–Kier alpha value is -1.60. The Kier molecular flexibility index (Phi) is 3.07. The van der Waals surface area contributed by atoms with Gasteiger partial charge in [-0.1, -0.05) is 22.9 Å². The Morgan fingerprint density at radius 2 is 2.25 bits per heavy atom. The minimum atomic E-state index is -0.411. The third kappa shape index (κ3) is 2.50. The van der Waals surface area contributed by atoms with Crippen molar-refractivity contribution in [2.24, 2.45) is 0 Å². The zero-order chi connectivity index (χ0) is 11.5. The van der Waals surface area contributed by atoms with Crippen molar-refractivity contribution in [2.75, 3.05) is 5.32 Å². The first-order valence-corrected chi connectivity index (χ1v) is 5.43. The van der Waals surface area contributed by atoms with Gasteiger partial charge in [0.25, 0.3) is 5.91 Å². The highest BCUT2D eigenvalue weighted by molar-refractivity contribution is 7.15. The molecule has 0 aliphatic rings. The summed E-state index contributed by atoms with van der Waals surface area (Å²) in [7, 11) is 0. The number of nitrogens with zero attached hydrogens (tertiary/aromatic N) is 4. The Morgan fingerprint density at radius 1 is 1.44 bits per heavy atom. The number of amides is 1. The number of carbonyl (C=O) groups excluding carboxylic acids is 1. The fourth-order valence-electron chi connectivity index (χ4n) is 0.960. The van der Waals surface area contributed by atoms with Crippen LogP contribution in [0.3, 0.4) is 0 Å². The van der Waals surface area contributed by atoms with Gasteiger partial charge in [0.15, 0.2) is 0 Å². The highest BCUT2D eigenvalue weighted by Gasteiger charge is 2.11. The molecule has 0 aromatic carbocycles. The lowest BCUT2D eigenvalue weighted by Crippen LogP contribution is -2.13. The number of anilines is 1. The van der Waals surface area contributed by atoms with E-state index in [2.05, 4.69) is 25.5 Å². The number of aromatic nitrogens is 4. The van der Waals surface area contributed by atoms with E-state index < -0.39 is 5.91 Å². The van der Waals surface area contributed by atoms with Crippen LogP contribution in [0.15, 0.2) is 12.4 Å². The van der Waals surface area contributed by atoms with Crippen LogP contribution in [0.2, 0.25) is 5.15 Å². The average molecular weight is 256 g/mol. The van der Waals surface area contributed by atoms with Gasteiger partial charge in [-0.05, 0) is 6.92 Å². The van der Waals surface area contributed by atoms with E-state index in [9.17, 15) is 4.79 Å². The van der Waals surface area contributed by atoms with Crippen LogP contribution in [-0.4, -0.2) is 26.1 Å². The summed E-state index contributed by atoms with van der Waals surface area (Å²) >= 11 is 6.90. The number of halogens is 1. The maximum Gasteiger partial charge on any atom is 0.277 e. The molecule has 1 N–H and O–H groups in total. The predicted molar refractivity (Wildman–Crippen MR) is 59.6 cm³/mol. The lowest BCUT2D eigenvalue weighted by atomic mass is 10.4. The van der Waals surface area contributed by atoms with Crippen LogP contribution in [0.25, 0.3) is 0 Å². The number of hydrogen-bond acceptors (Lipinski definition) is 6. The van der Waals surface area contributed by atoms with E-state index in [1.165, 1.54) is 23.7 Å². The van der Waals surface area contributed by atoms with Crippen LogP contribution in [0.5, 0.6) is 0 Å². The maximum atomic E-state index is 11.6. The van der Waals surface area contributed by atoms with Gasteiger partial charge >= 0.3 is 0 Å². The van der Waals surface area contributed by atoms with Gasteiger partial charge in [-0.3, -0.25) is 15.1 Å². The fraction of sp³-hybridized carbons (Fsp3) is 0.125. The summed E-state index contributed by atoms with van der Waals surface area (Å²) in [5.41, 5.74) is 0.139. The van der Waals surface area contributed by atoms with Gasteiger partial charge in [0.1, 0.15) is 15.9 Å². The van der Waals surface area contributed by atoms with E-state index >= 15 is 0 Å². The molecule has 0 saturated carbocycles. The van der Waals surface area contributed by atoms with Crippen molar-refractivity contribution in [1.82, 2.24) is 20.2 Å². The zero-order valence-corrected chi connectivity index (χ0v) is 9.71. The monoisotopic (exact) mass is 255 g/mol. The van der Waals surface area contributed by atoms with E-state index in [-0.39, 0.29) is 10.8 Å². The largest absolute Gasteiger partial charge is 0.295 e. The van der Waals surface area contributed by atoms with Crippen molar-refractivity contribution in [3.63, 3.8) is 0 Å². The van der Waals surface area contributed by atoms with Crippen molar-refractivity contribution in [3.8, 4) is 0 Å². The molecule has 0 aliphatic carbocycles. The lowest BCUT2D eigenvalue weighted by Gasteiger charge is -1.99. The van der Waals surface area contributed by atoms with E-state index in [0.29, 0.717) is 5.13 Å². The van der Waals surface area contributed by atoms with Gasteiger partial charge in [-0.2, -0.15) is 0 Å². The summed E-state index contributed by atoms with van der Waals surface area (Å²) in [6.45, 7) is 1.80. The predicted octanol–water partition coefficient (Wildman–Crippen LogP) is 1.54. The minimum Gasteiger partial charge on any atom is -0.295 e. The number of hydrogen-bond donors (Lipinski definition) is 1. The average Bonchev–Trinajstić information content (AvgIpc) is 2.64. The molecule has 0 spiro atoms. The van der Waals surface area contributed by atoms with Crippen molar-refractivity contribution < 1.29 is 4.79 Å². The lowest BCUT2D eigenvalue weighted by molar-refractivity contribution is 0.102. The van der Waals surface area contributed by atoms with Gasteiger partial charge in [-0.25, -0.2) is 4.98 Å². The summed E-state index contributed by atoms with van der Waals surface area (Å²) in [6, 6.07) is 0. The summed E-state index contributed by atoms with van der Waals surface area (Å²) in [6.07, 6.45) is 2.68. The molecule has 0 saturated heterocycles. The van der Waals surface area contributed by atoms with Crippen LogP contribution in [-0.2, 0) is 0 Å². The maximum absolute atomic E-state index is 11.6. The molecule has 2 aromatic heterocycles. The molecule has 2 heterocycles. The summed E-state index contributed by atoms with van der Waals surface area (Å²) in [4.78, 5) is 19.2. The minimum absolute atomic E-state index is 0.139. The second-order valence-corrected chi connectivity index (χ2v) is 4.38. The van der Waals surface area contributed by atoms with Gasteiger partial charge in [0, 0.05) is 0 Å². The topological polar surface area (TPSA) is 80.7 Å². The van der Waals surface area contributed by atoms with Gasteiger partial charge in [0.05, 0.1) is 12.4 Å². The molecule has 2 aromatic rings. The molecule has 0 aliphatic heterocycles. The van der Waals surface area contributed by atoms with Crippen LogP contribution in [0.4, 0.5) is 5.13 Å². The molecular weight excluding hydrogens is 250 g/mol. The standard InChI is InChI=1S/C8H6ClN5OS/c1-4-13-14-8(16-4)12-7(15)5-2-10-3-6(9)11-5/h2-3H,1H3,(H,12,14,15). The molecular formula is C8H6ClN5OS. The molecule has 16 heavy (non-hydrogen) atoms. The number of aryl methyl sites for hydroxylation is 1. The molecule has 0 bridgehead atoms. The number of rotatable bonds is 2. The Bertz CT molecular complexity index is 529. The SMILES string of the molecule is Cc1nnc(NC(=O)c2cncc(Cl)n2)s1.